The molecule has 0 saturated heterocycles. The van der Waals surface area contributed by atoms with E-state index in [2.05, 4.69) is 23.9 Å². The van der Waals surface area contributed by atoms with E-state index in [-0.39, 0.29) is 11.9 Å². The molecule has 0 amide bonds. The third-order valence-corrected chi connectivity index (χ3v) is 3.73. The van der Waals surface area contributed by atoms with Crippen molar-refractivity contribution < 1.29 is 9.53 Å². The van der Waals surface area contributed by atoms with Gasteiger partial charge in [-0.3, -0.25) is 4.79 Å². The van der Waals surface area contributed by atoms with Gasteiger partial charge in [0.1, 0.15) is 5.75 Å². The maximum atomic E-state index is 11.7. The fourth-order valence-corrected chi connectivity index (χ4v) is 2.13. The van der Waals surface area contributed by atoms with E-state index in [1.54, 1.807) is 0 Å². The van der Waals surface area contributed by atoms with Gasteiger partial charge in [0.15, 0.2) is 0 Å². The number of carbonyl (C=O) groups is 1. The number of hydrogen-bond donors (Lipinski definition) is 1. The molecule has 0 atom stereocenters. The molecule has 1 heterocycles. The highest BCUT2D eigenvalue weighted by Crippen LogP contribution is 2.24. The summed E-state index contributed by atoms with van der Waals surface area (Å²) in [5.41, 5.74) is 2.33. The van der Waals surface area contributed by atoms with Gasteiger partial charge in [-0.1, -0.05) is 20.8 Å². The second kappa shape index (κ2) is 6.76. The van der Waals surface area contributed by atoms with Crippen LogP contribution in [0.2, 0.25) is 0 Å². The molecule has 0 radical (unpaired) electrons. The van der Waals surface area contributed by atoms with Crippen molar-refractivity contribution in [1.82, 2.24) is 9.88 Å². The smallest absolute Gasteiger partial charge is 0.313 e. The lowest BCUT2D eigenvalue weighted by Crippen LogP contribution is -2.20. The van der Waals surface area contributed by atoms with E-state index in [1.807, 2.05) is 38.2 Å². The Morgan fingerprint density at radius 1 is 1.38 bits per heavy atom. The summed E-state index contributed by atoms with van der Waals surface area (Å²) in [6, 6.07) is 5.75. The predicted molar refractivity (Wildman–Crippen MR) is 85.6 cm³/mol. The molecule has 1 N–H and O–H groups in total. The number of hydrogen-bond acceptors (Lipinski definition) is 3. The Morgan fingerprint density at radius 2 is 2.14 bits per heavy atom. The largest absolute Gasteiger partial charge is 0.426 e. The van der Waals surface area contributed by atoms with E-state index in [1.165, 1.54) is 5.56 Å². The van der Waals surface area contributed by atoms with E-state index in [9.17, 15) is 4.79 Å². The van der Waals surface area contributed by atoms with E-state index < -0.39 is 0 Å². The van der Waals surface area contributed by atoms with E-state index in [4.69, 9.17) is 4.74 Å². The summed E-state index contributed by atoms with van der Waals surface area (Å²) < 4.78 is 5.39. The van der Waals surface area contributed by atoms with Crippen molar-refractivity contribution in [2.24, 2.45) is 5.92 Å². The maximum absolute atomic E-state index is 11.7. The molecule has 1 aromatic heterocycles. The molecular weight excluding hydrogens is 264 g/mol. The van der Waals surface area contributed by atoms with Crippen LogP contribution in [-0.2, 0) is 11.2 Å². The highest BCUT2D eigenvalue weighted by atomic mass is 16.5. The van der Waals surface area contributed by atoms with Crippen LogP contribution >= 0.6 is 0 Å². The Bertz CT molecular complexity index is 616. The van der Waals surface area contributed by atoms with Crippen LogP contribution in [0.1, 0.15) is 26.3 Å². The van der Waals surface area contributed by atoms with Crippen molar-refractivity contribution in [2.45, 2.75) is 27.2 Å². The van der Waals surface area contributed by atoms with Crippen molar-refractivity contribution in [3.8, 4) is 5.75 Å². The first-order valence-electron chi connectivity index (χ1n) is 7.51. The van der Waals surface area contributed by atoms with Crippen molar-refractivity contribution in [3.05, 3.63) is 30.0 Å². The Balaban J connectivity index is 2.18. The Labute approximate surface area is 126 Å². The first-order valence-corrected chi connectivity index (χ1v) is 7.51. The fourth-order valence-electron chi connectivity index (χ4n) is 2.13. The Hall–Kier alpha value is -1.81. The van der Waals surface area contributed by atoms with Crippen LogP contribution in [0.15, 0.2) is 24.4 Å². The number of H-pyrrole nitrogens is 1. The van der Waals surface area contributed by atoms with Gasteiger partial charge in [0.2, 0.25) is 0 Å². The molecule has 21 heavy (non-hydrogen) atoms. The van der Waals surface area contributed by atoms with Gasteiger partial charge in [0.05, 0.1) is 5.92 Å². The number of fused-ring (bicyclic) bond motifs is 1. The average Bonchev–Trinajstić information content (AvgIpc) is 2.87. The van der Waals surface area contributed by atoms with Crippen LogP contribution in [0.25, 0.3) is 10.9 Å². The number of esters is 1. The van der Waals surface area contributed by atoms with Crippen LogP contribution in [0.4, 0.5) is 0 Å². The molecule has 0 aliphatic rings. The minimum atomic E-state index is -0.197. The molecule has 0 aliphatic carbocycles. The number of aromatic amines is 1. The number of benzene rings is 1. The number of nitrogens with one attached hydrogen (secondary N) is 1. The number of likely N-dealkylation sites (N-methyl/N-ethyl adjacent to an activating group) is 1. The van der Waals surface area contributed by atoms with Crippen LogP contribution in [0, 0.1) is 5.92 Å². The van der Waals surface area contributed by atoms with E-state index in [0.717, 1.165) is 30.4 Å². The van der Waals surface area contributed by atoms with Crippen LogP contribution in [0.3, 0.4) is 0 Å². The van der Waals surface area contributed by atoms with Gasteiger partial charge in [-0.05, 0) is 43.8 Å². The van der Waals surface area contributed by atoms with E-state index >= 15 is 0 Å². The zero-order valence-electron chi connectivity index (χ0n) is 13.3. The van der Waals surface area contributed by atoms with Crippen molar-refractivity contribution in [1.29, 1.82) is 0 Å². The van der Waals surface area contributed by atoms with Crippen LogP contribution < -0.4 is 4.74 Å². The van der Waals surface area contributed by atoms with Gasteiger partial charge in [-0.2, -0.15) is 0 Å². The van der Waals surface area contributed by atoms with Gasteiger partial charge in [0.25, 0.3) is 0 Å². The molecule has 4 heteroatoms. The molecule has 0 aliphatic heterocycles. The Morgan fingerprint density at radius 3 is 2.81 bits per heavy atom. The highest BCUT2D eigenvalue weighted by molar-refractivity contribution is 5.85. The van der Waals surface area contributed by atoms with Gasteiger partial charge in [-0.15, -0.1) is 0 Å². The standard InChI is InChI=1S/C17H24N2O2/c1-5-19(4)9-8-13-11-18-16-7-6-14(10-15(13)16)21-17(20)12(2)3/h6-7,10-12,18H,5,8-9H2,1-4H3. The topological polar surface area (TPSA) is 45.3 Å². The summed E-state index contributed by atoms with van der Waals surface area (Å²) in [6.07, 6.45) is 3.02. The molecule has 2 rings (SSSR count). The fraction of sp³-hybridized carbons (Fsp3) is 0.471. The highest BCUT2D eigenvalue weighted by Gasteiger charge is 2.11. The Kier molecular flexibility index (Phi) is 5.02. The number of nitrogens with zero attached hydrogens (tertiary/aromatic N) is 1. The SMILES string of the molecule is CCN(C)CCc1c[nH]c2ccc(OC(=O)C(C)C)cc12. The number of aromatic nitrogens is 1. The molecule has 0 bridgehead atoms. The lowest BCUT2D eigenvalue weighted by molar-refractivity contribution is -0.137. The minimum Gasteiger partial charge on any atom is -0.426 e. The molecule has 2 aromatic rings. The number of carbonyl (C=O) groups excluding carboxylic acids is 1. The van der Waals surface area contributed by atoms with Crippen molar-refractivity contribution in [2.75, 3.05) is 20.1 Å². The summed E-state index contributed by atoms with van der Waals surface area (Å²) in [5, 5.41) is 1.13. The molecular formula is C17H24N2O2. The minimum absolute atomic E-state index is 0.121. The molecule has 0 unspecified atom stereocenters. The molecule has 0 spiro atoms. The van der Waals surface area contributed by atoms with Crippen molar-refractivity contribution >= 4 is 16.9 Å². The van der Waals surface area contributed by atoms with Crippen LogP contribution in [-0.4, -0.2) is 36.0 Å². The molecule has 0 saturated carbocycles. The third kappa shape index (κ3) is 3.85. The molecule has 4 nitrogen and oxygen atoms in total. The first kappa shape index (κ1) is 15.6. The maximum Gasteiger partial charge on any atom is 0.313 e. The second-order valence-corrected chi connectivity index (χ2v) is 5.74. The lowest BCUT2D eigenvalue weighted by atomic mass is 10.1. The lowest BCUT2D eigenvalue weighted by Gasteiger charge is -2.13. The summed E-state index contributed by atoms with van der Waals surface area (Å²) in [5.74, 6) is 0.299. The molecule has 114 valence electrons. The average molecular weight is 288 g/mol. The number of ether oxygens (including phenoxy) is 1. The zero-order chi connectivity index (χ0) is 15.4. The summed E-state index contributed by atoms with van der Waals surface area (Å²) in [7, 11) is 2.12. The third-order valence-electron chi connectivity index (χ3n) is 3.73. The summed E-state index contributed by atoms with van der Waals surface area (Å²) >= 11 is 0. The summed E-state index contributed by atoms with van der Waals surface area (Å²) in [6.45, 7) is 7.88. The van der Waals surface area contributed by atoms with Gasteiger partial charge in [-0.25, -0.2) is 0 Å². The molecule has 1 aromatic carbocycles. The predicted octanol–water partition coefficient (Wildman–Crippen LogP) is 3.22. The van der Waals surface area contributed by atoms with Gasteiger partial charge < -0.3 is 14.6 Å². The second-order valence-electron chi connectivity index (χ2n) is 5.74. The monoisotopic (exact) mass is 288 g/mol. The van der Waals surface area contributed by atoms with Crippen LogP contribution in [0.5, 0.6) is 5.75 Å². The summed E-state index contributed by atoms with van der Waals surface area (Å²) in [4.78, 5) is 17.2. The van der Waals surface area contributed by atoms with Crippen molar-refractivity contribution in [3.63, 3.8) is 0 Å². The van der Waals surface area contributed by atoms with Gasteiger partial charge in [0, 0.05) is 23.6 Å². The quantitative estimate of drug-likeness (QED) is 0.655. The normalized spacial score (nSPS) is 11.5. The zero-order valence-corrected chi connectivity index (χ0v) is 13.3. The first-order chi connectivity index (χ1) is 10.0. The molecule has 0 fully saturated rings. The van der Waals surface area contributed by atoms with E-state index in [0.29, 0.717) is 5.75 Å². The number of rotatable bonds is 6. The van der Waals surface area contributed by atoms with Gasteiger partial charge >= 0.3 is 5.97 Å².